The molecule has 1 unspecified atom stereocenters. The summed E-state index contributed by atoms with van der Waals surface area (Å²) in [5, 5.41) is 20.4. The first-order chi connectivity index (χ1) is 33.1. The highest BCUT2D eigenvalue weighted by atomic mass is 16.3. The van der Waals surface area contributed by atoms with E-state index in [2.05, 4.69) is 230 Å². The first-order valence-electron chi connectivity index (χ1n) is 22.9. The van der Waals surface area contributed by atoms with Crippen LogP contribution in [0.4, 0.5) is 0 Å². The van der Waals surface area contributed by atoms with Gasteiger partial charge in [-0.15, -0.1) is 0 Å². The summed E-state index contributed by atoms with van der Waals surface area (Å²) in [5.41, 5.74) is 9.43. The Balaban J connectivity index is 0.884. The fourth-order valence-corrected chi connectivity index (χ4v) is 10.5. The Morgan fingerprint density at radius 1 is 0.343 bits per heavy atom. The van der Waals surface area contributed by atoms with Crippen LogP contribution in [-0.4, -0.2) is 11.7 Å². The molecule has 4 nitrogen and oxygen atoms in total. The van der Waals surface area contributed by atoms with Gasteiger partial charge in [-0.3, -0.25) is 0 Å². The van der Waals surface area contributed by atoms with Gasteiger partial charge >= 0.3 is 0 Å². The number of nitrogens with zero attached hydrogens (tertiary/aromatic N) is 2. The fraction of sp³-hybridized carbons (Fsp3) is 0.0159. The summed E-state index contributed by atoms with van der Waals surface area (Å²) in [4.78, 5) is 10.8. The molecule has 0 saturated heterocycles. The Kier molecular flexibility index (Phi) is 8.31. The summed E-state index contributed by atoms with van der Waals surface area (Å²) in [7, 11) is 0. The van der Waals surface area contributed by atoms with Crippen LogP contribution in [0.15, 0.2) is 239 Å². The molecule has 4 heteroatoms. The molecule has 67 heavy (non-hydrogen) atoms. The van der Waals surface area contributed by atoms with Crippen LogP contribution >= 0.6 is 0 Å². The molecule has 1 aromatic heterocycles. The Labute approximate surface area is 385 Å². The van der Waals surface area contributed by atoms with Crippen LogP contribution in [0.1, 0.15) is 22.9 Å². The average Bonchev–Trinajstić information content (AvgIpc) is 3.78. The number of rotatable bonds is 5. The third-order valence-electron chi connectivity index (χ3n) is 13.8. The second-order valence-electron chi connectivity index (χ2n) is 17.7. The van der Waals surface area contributed by atoms with Gasteiger partial charge in [0.15, 0.2) is 5.84 Å². The minimum atomic E-state index is -0.356. The molecule has 12 aromatic carbocycles. The van der Waals surface area contributed by atoms with Crippen molar-refractivity contribution in [3.63, 3.8) is 0 Å². The highest BCUT2D eigenvalue weighted by Gasteiger charge is 2.24. The molecule has 312 valence electrons. The molecule has 0 fully saturated rings. The van der Waals surface area contributed by atoms with Crippen molar-refractivity contribution < 1.29 is 4.42 Å². The topological polar surface area (TPSA) is 49.9 Å². The summed E-state index contributed by atoms with van der Waals surface area (Å²) in [5.74, 6) is 1.49. The van der Waals surface area contributed by atoms with E-state index in [1.165, 1.54) is 48.7 Å². The Morgan fingerprint density at radius 2 is 0.940 bits per heavy atom. The number of furan rings is 1. The van der Waals surface area contributed by atoms with Gasteiger partial charge < -0.3 is 9.73 Å². The van der Waals surface area contributed by atoms with E-state index in [4.69, 9.17) is 14.4 Å². The number of benzene rings is 12. The van der Waals surface area contributed by atoms with Gasteiger partial charge in [0.05, 0.1) is 0 Å². The van der Waals surface area contributed by atoms with Crippen LogP contribution in [0.2, 0.25) is 0 Å². The van der Waals surface area contributed by atoms with Crippen molar-refractivity contribution >= 4 is 98.2 Å². The number of fused-ring (bicyclic) bond motifs is 11. The van der Waals surface area contributed by atoms with Gasteiger partial charge in [-0.25, -0.2) is 9.98 Å². The first kappa shape index (κ1) is 37.5. The van der Waals surface area contributed by atoms with Crippen molar-refractivity contribution in [2.24, 2.45) is 9.98 Å². The molecule has 1 aliphatic rings. The lowest BCUT2D eigenvalue weighted by molar-refractivity contribution is 0.669. The fourth-order valence-electron chi connectivity index (χ4n) is 10.5. The second-order valence-corrected chi connectivity index (χ2v) is 17.7. The summed E-state index contributed by atoms with van der Waals surface area (Å²) >= 11 is 0. The molecule has 13 aromatic rings. The number of nitrogens with one attached hydrogen (secondary N) is 1. The van der Waals surface area contributed by atoms with Gasteiger partial charge in [-0.1, -0.05) is 176 Å². The lowest BCUT2D eigenvalue weighted by Gasteiger charge is -2.25. The number of amidine groups is 2. The van der Waals surface area contributed by atoms with Gasteiger partial charge in [-0.2, -0.15) is 0 Å². The largest absolute Gasteiger partial charge is 0.456 e. The average molecular weight is 854 g/mol. The Bertz CT molecular complexity index is 4270. The summed E-state index contributed by atoms with van der Waals surface area (Å²) in [6.07, 6.45) is -0.356. The third kappa shape index (κ3) is 6.22. The van der Waals surface area contributed by atoms with Gasteiger partial charge in [0.1, 0.15) is 23.2 Å². The van der Waals surface area contributed by atoms with Gasteiger partial charge in [-0.05, 0) is 141 Å². The molecule has 0 spiro atoms. The molecule has 1 N–H and O–H groups in total. The van der Waals surface area contributed by atoms with Crippen LogP contribution in [0, 0.1) is 0 Å². The maximum absolute atomic E-state index is 6.54. The normalized spacial score (nSPS) is 14.1. The van der Waals surface area contributed by atoms with Crippen molar-refractivity contribution in [1.29, 1.82) is 0 Å². The van der Waals surface area contributed by atoms with Crippen LogP contribution < -0.4 is 5.32 Å². The van der Waals surface area contributed by atoms with Gasteiger partial charge in [0, 0.05) is 21.9 Å². The molecule has 0 aliphatic carbocycles. The van der Waals surface area contributed by atoms with E-state index in [0.29, 0.717) is 5.84 Å². The highest BCUT2D eigenvalue weighted by Crippen LogP contribution is 2.40. The number of hydrogen-bond acceptors (Lipinski definition) is 4. The van der Waals surface area contributed by atoms with Crippen LogP contribution in [0.5, 0.6) is 0 Å². The van der Waals surface area contributed by atoms with E-state index >= 15 is 0 Å². The smallest absolute Gasteiger partial charge is 0.160 e. The SMILES string of the molecule is c1ccc2cc(C3N=C(c4cc5ccccc5c5ccccc45)N=C(c4ccc5ccc(-c6cccc7oc8ccc(-c9ccc%10c(ccc%11ccccc%11%10)c9)cc8c67)cc5c4)N3)ccc2c1. The standard InChI is InChI=1S/C63H39N3O/c1-2-12-41-33-47(26-21-38(41)10-1)61-64-62(66-63(65-61)56-37-44-13-4-6-15-51(44)54-16-7-8-17-55(54)56)48-27-22-39-20-24-46(34-49(39)35-48)53-18-9-19-59-60(53)57-36-43(29-31-58(57)67-59)42-28-30-52-45(32-42)25-23-40-11-3-5-14-50(40)52/h1-37,61H,(H,64,65,66). The molecule has 14 rings (SSSR count). The monoisotopic (exact) mass is 853 g/mol. The molecule has 0 saturated carbocycles. The van der Waals surface area contributed by atoms with E-state index < -0.39 is 0 Å². The Morgan fingerprint density at radius 3 is 1.82 bits per heavy atom. The lowest BCUT2D eigenvalue weighted by atomic mass is 9.94. The number of hydrogen-bond donors (Lipinski definition) is 1. The van der Waals surface area contributed by atoms with E-state index in [0.717, 1.165) is 82.7 Å². The molecule has 2 heterocycles. The van der Waals surface area contributed by atoms with Crippen molar-refractivity contribution in [2.75, 3.05) is 0 Å². The first-order valence-corrected chi connectivity index (χ1v) is 22.9. The summed E-state index contributed by atoms with van der Waals surface area (Å²) in [6, 6.07) is 80.8. The zero-order valence-corrected chi connectivity index (χ0v) is 36.2. The van der Waals surface area contributed by atoms with Crippen LogP contribution in [0.3, 0.4) is 0 Å². The molecular formula is C63H39N3O. The van der Waals surface area contributed by atoms with E-state index in [1.807, 2.05) is 0 Å². The second kappa shape index (κ2) is 14.8. The van der Waals surface area contributed by atoms with E-state index in [1.54, 1.807) is 0 Å². The van der Waals surface area contributed by atoms with Crippen LogP contribution in [-0.2, 0) is 0 Å². The van der Waals surface area contributed by atoms with E-state index in [-0.39, 0.29) is 6.17 Å². The quantitative estimate of drug-likeness (QED) is 0.175. The van der Waals surface area contributed by atoms with Crippen molar-refractivity contribution in [1.82, 2.24) is 5.32 Å². The van der Waals surface area contributed by atoms with Crippen LogP contribution in [0.25, 0.3) is 109 Å². The third-order valence-corrected chi connectivity index (χ3v) is 13.8. The summed E-state index contributed by atoms with van der Waals surface area (Å²) < 4.78 is 6.54. The predicted octanol–water partition coefficient (Wildman–Crippen LogP) is 16.3. The van der Waals surface area contributed by atoms with Crippen molar-refractivity contribution in [3.05, 3.63) is 241 Å². The van der Waals surface area contributed by atoms with E-state index in [9.17, 15) is 0 Å². The molecule has 1 atom stereocenters. The maximum atomic E-state index is 6.54. The van der Waals surface area contributed by atoms with Gasteiger partial charge in [0.25, 0.3) is 0 Å². The molecule has 0 bridgehead atoms. The lowest BCUT2D eigenvalue weighted by Crippen LogP contribution is -2.33. The molecular weight excluding hydrogens is 815 g/mol. The minimum absolute atomic E-state index is 0.356. The van der Waals surface area contributed by atoms with Crippen molar-refractivity contribution in [3.8, 4) is 22.3 Å². The summed E-state index contributed by atoms with van der Waals surface area (Å²) in [6.45, 7) is 0. The minimum Gasteiger partial charge on any atom is -0.456 e. The number of aliphatic imine (C=N–C) groups is 2. The molecule has 1 aliphatic heterocycles. The molecule has 0 radical (unpaired) electrons. The highest BCUT2D eigenvalue weighted by molar-refractivity contribution is 6.22. The van der Waals surface area contributed by atoms with Gasteiger partial charge in [0.2, 0.25) is 0 Å². The Hall–Kier alpha value is -8.86. The molecule has 0 amide bonds. The maximum Gasteiger partial charge on any atom is 0.160 e. The predicted molar refractivity (Wildman–Crippen MR) is 281 cm³/mol. The van der Waals surface area contributed by atoms with Crippen molar-refractivity contribution in [2.45, 2.75) is 6.17 Å². The zero-order valence-electron chi connectivity index (χ0n) is 36.2. The zero-order chi connectivity index (χ0) is 44.0.